The van der Waals surface area contributed by atoms with Gasteiger partial charge in [0, 0.05) is 21.6 Å². The minimum Gasteiger partial charge on any atom is -0.452 e. The van der Waals surface area contributed by atoms with Gasteiger partial charge in [-0.2, -0.15) is 0 Å². The van der Waals surface area contributed by atoms with Gasteiger partial charge in [0.2, 0.25) is 5.43 Å². The van der Waals surface area contributed by atoms with Crippen LogP contribution in [0.2, 0.25) is 0 Å². The summed E-state index contributed by atoms with van der Waals surface area (Å²) in [5.74, 6) is 1.86. The first-order chi connectivity index (χ1) is 17.1. The number of para-hydroxylation sites is 1. The van der Waals surface area contributed by atoms with E-state index in [1.165, 1.54) is 64.2 Å². The maximum atomic E-state index is 12.8. The summed E-state index contributed by atoms with van der Waals surface area (Å²) < 4.78 is 11.2. The van der Waals surface area contributed by atoms with Gasteiger partial charge in [-0.05, 0) is 43.2 Å². The molecule has 0 fully saturated rings. The van der Waals surface area contributed by atoms with E-state index >= 15 is 0 Å². The van der Waals surface area contributed by atoms with Crippen LogP contribution in [0.1, 0.15) is 88.9 Å². The van der Waals surface area contributed by atoms with Gasteiger partial charge < -0.3 is 4.74 Å². The fourth-order valence-corrected chi connectivity index (χ4v) is 5.43. The van der Waals surface area contributed by atoms with Crippen molar-refractivity contribution in [3.63, 3.8) is 0 Å². The molecule has 0 saturated heterocycles. The lowest BCUT2D eigenvalue weighted by atomic mass is 10.1. The average Bonchev–Trinajstić information content (AvgIpc) is 2.98. The highest BCUT2D eigenvalue weighted by Crippen LogP contribution is 2.28. The highest BCUT2D eigenvalue weighted by molar-refractivity contribution is 14.2. The molecule has 0 aliphatic heterocycles. The smallest absolute Gasteiger partial charge is 0.221 e. The molecule has 0 aliphatic carbocycles. The quantitative estimate of drug-likeness (QED) is 0.132. The molecule has 188 valence electrons. The maximum Gasteiger partial charge on any atom is 0.221 e. The number of hydrogen-bond donors (Lipinski definition) is 0. The molecule has 4 nitrogen and oxygen atoms in total. The van der Waals surface area contributed by atoms with Gasteiger partial charge in [-0.25, -0.2) is 9.97 Å². The molecular formula is C30H39IN2O2. The van der Waals surface area contributed by atoms with Gasteiger partial charge >= 0.3 is 0 Å². The molecule has 35 heavy (non-hydrogen) atoms. The van der Waals surface area contributed by atoms with E-state index in [1.807, 2.05) is 37.4 Å². The third-order valence-corrected chi connectivity index (χ3v) is 8.03. The number of benzene rings is 1. The lowest BCUT2D eigenvalue weighted by Gasteiger charge is -2.06. The van der Waals surface area contributed by atoms with Crippen molar-refractivity contribution in [2.24, 2.45) is 0 Å². The highest BCUT2D eigenvalue weighted by atomic mass is 127. The van der Waals surface area contributed by atoms with Gasteiger partial charge in [-0.1, -0.05) is 109 Å². The normalized spacial score (nSPS) is 11.1. The fraction of sp³-hybridized carbons (Fsp3) is 0.467. The summed E-state index contributed by atoms with van der Waals surface area (Å²) in [6.45, 7) is 4.20. The molecule has 2 aromatic carbocycles. The Hall–Kier alpha value is -2.15. The van der Waals surface area contributed by atoms with E-state index in [2.05, 4.69) is 16.4 Å². The molecule has 0 atom stereocenters. The average molecular weight is 587 g/mol. The summed E-state index contributed by atoms with van der Waals surface area (Å²) in [4.78, 5) is 22.2. The van der Waals surface area contributed by atoms with Gasteiger partial charge in [-0.3, -0.25) is 4.79 Å². The summed E-state index contributed by atoms with van der Waals surface area (Å²) in [5, 5.41) is 0.823. The van der Waals surface area contributed by atoms with E-state index in [0.717, 1.165) is 38.7 Å². The van der Waals surface area contributed by atoms with Crippen molar-refractivity contribution >= 4 is 36.1 Å². The second-order valence-corrected chi connectivity index (χ2v) is 11.2. The van der Waals surface area contributed by atoms with Crippen LogP contribution < -0.4 is 10.2 Å². The number of aryl methyl sites for hydroxylation is 2. The molecule has 0 spiro atoms. The molecule has 3 aromatic rings. The number of hydrogen-bond acceptors (Lipinski definition) is 4. The third-order valence-electron chi connectivity index (χ3n) is 6.32. The molecule has 0 N–H and O–H groups in total. The summed E-state index contributed by atoms with van der Waals surface area (Å²) in [7, 11) is 0. The predicted octanol–water partition coefficient (Wildman–Crippen LogP) is 8.52. The summed E-state index contributed by atoms with van der Waals surface area (Å²) in [6, 6.07) is 11.2. The van der Waals surface area contributed by atoms with Crippen LogP contribution in [-0.4, -0.2) is 14.5 Å². The number of fused-ring (bicyclic) bond motifs is 1. The third kappa shape index (κ3) is 8.78. The van der Waals surface area contributed by atoms with Crippen molar-refractivity contribution < 1.29 is 4.74 Å². The molecule has 0 saturated carbocycles. The van der Waals surface area contributed by atoms with Crippen LogP contribution in [0.25, 0.3) is 10.9 Å². The van der Waals surface area contributed by atoms with E-state index in [0.29, 0.717) is 11.5 Å². The topological polar surface area (TPSA) is 52.1 Å². The Labute approximate surface area is 220 Å². The van der Waals surface area contributed by atoms with Gasteiger partial charge in [0.15, 0.2) is 5.75 Å². The van der Waals surface area contributed by atoms with E-state index in [4.69, 9.17) is 9.72 Å². The molecule has 5 heteroatoms. The van der Waals surface area contributed by atoms with Crippen molar-refractivity contribution in [1.29, 1.82) is 0 Å². The minimum atomic E-state index is -0.399. The number of nitrogens with zero attached hydrogens (tertiary/aromatic N) is 2. The zero-order valence-electron chi connectivity index (χ0n) is 21.3. The van der Waals surface area contributed by atoms with Gasteiger partial charge in [0.1, 0.15) is 11.6 Å². The minimum absolute atomic E-state index is 0.149. The first-order valence-corrected chi connectivity index (χ1v) is 15.7. The molecular weight excluding hydrogens is 547 g/mol. The Morgan fingerprint density at radius 1 is 0.886 bits per heavy atom. The number of halogens is 1. The fourth-order valence-electron chi connectivity index (χ4n) is 4.30. The number of unbranched alkanes of at least 4 members (excludes halogenated alkanes) is 10. The Bertz CT molecular complexity index is 1160. The largest absolute Gasteiger partial charge is 0.452 e. The van der Waals surface area contributed by atoms with Crippen molar-refractivity contribution in [3.8, 4) is 11.5 Å². The highest BCUT2D eigenvalue weighted by Gasteiger charge is 2.10. The lowest BCUT2D eigenvalue weighted by molar-refractivity contribution is 0.476. The SMILES string of the molecule is C=Ic1ccccc1Oc1cc2cnc(CCCCCCCCCCCCC)nc2c(C)cc1=O. The van der Waals surface area contributed by atoms with Gasteiger partial charge in [-0.15, -0.1) is 0 Å². The summed E-state index contributed by atoms with van der Waals surface area (Å²) >= 11 is -0.399. The Morgan fingerprint density at radius 2 is 1.54 bits per heavy atom. The van der Waals surface area contributed by atoms with Crippen molar-refractivity contribution in [2.45, 2.75) is 90.9 Å². The zero-order valence-corrected chi connectivity index (χ0v) is 23.5. The maximum absolute atomic E-state index is 12.8. The van der Waals surface area contributed by atoms with E-state index in [1.54, 1.807) is 12.1 Å². The molecule has 0 unspecified atom stereocenters. The molecule has 0 amide bonds. The summed E-state index contributed by atoms with van der Waals surface area (Å²) in [5.41, 5.74) is 1.52. The molecule has 1 heterocycles. The van der Waals surface area contributed by atoms with Crippen LogP contribution >= 0.6 is 20.7 Å². The van der Waals surface area contributed by atoms with Crippen LogP contribution in [-0.2, 0) is 6.42 Å². The van der Waals surface area contributed by atoms with Gasteiger partial charge in [0.25, 0.3) is 0 Å². The Kier molecular flexibility index (Phi) is 11.8. The van der Waals surface area contributed by atoms with Crippen LogP contribution in [0.5, 0.6) is 11.5 Å². The second-order valence-electron chi connectivity index (χ2n) is 9.24. The summed E-state index contributed by atoms with van der Waals surface area (Å²) in [6.07, 6.45) is 17.3. The second kappa shape index (κ2) is 15.1. The molecule has 3 rings (SSSR count). The molecule has 0 aliphatic rings. The molecule has 0 radical (unpaired) electrons. The van der Waals surface area contributed by atoms with Crippen molar-refractivity contribution in [3.05, 3.63) is 67.8 Å². The Balaban J connectivity index is 1.56. The first-order valence-electron chi connectivity index (χ1n) is 13.1. The van der Waals surface area contributed by atoms with E-state index in [-0.39, 0.29) is 5.43 Å². The standard InChI is InChI=1S/C30H39IN2O2/c1-4-5-6-7-8-9-10-11-12-13-14-19-29-32-22-24-21-28(26(34)20-23(2)30(24)33-29)35-27-18-16-15-17-25(27)31-3/h15-18,20-22H,3-14,19H2,1-2H3. The van der Waals surface area contributed by atoms with E-state index < -0.39 is 20.7 Å². The lowest BCUT2D eigenvalue weighted by Crippen LogP contribution is -2.01. The van der Waals surface area contributed by atoms with Gasteiger partial charge in [0.05, 0.1) is 5.52 Å². The van der Waals surface area contributed by atoms with Crippen LogP contribution in [0.3, 0.4) is 0 Å². The number of rotatable bonds is 15. The first kappa shape index (κ1) is 27.4. The monoisotopic (exact) mass is 586 g/mol. The molecule has 0 bridgehead atoms. The molecule has 1 aromatic heterocycles. The van der Waals surface area contributed by atoms with Crippen molar-refractivity contribution in [1.82, 2.24) is 9.97 Å². The number of aromatic nitrogens is 2. The Morgan fingerprint density at radius 3 is 2.23 bits per heavy atom. The number of ether oxygens (including phenoxy) is 1. The predicted molar refractivity (Wildman–Crippen MR) is 157 cm³/mol. The van der Waals surface area contributed by atoms with Crippen LogP contribution in [0.15, 0.2) is 47.4 Å². The van der Waals surface area contributed by atoms with Crippen LogP contribution in [0.4, 0.5) is 0 Å². The zero-order chi connectivity index (χ0) is 24.9. The van der Waals surface area contributed by atoms with E-state index in [9.17, 15) is 4.79 Å². The van der Waals surface area contributed by atoms with Crippen LogP contribution in [0, 0.1) is 10.5 Å². The van der Waals surface area contributed by atoms with Crippen molar-refractivity contribution in [2.75, 3.05) is 0 Å².